The number of aromatic nitrogens is 2. The molecule has 3 rings (SSSR count). The van der Waals surface area contributed by atoms with Crippen molar-refractivity contribution in [3.8, 4) is 0 Å². The van der Waals surface area contributed by atoms with Gasteiger partial charge in [-0.3, -0.25) is 9.89 Å². The van der Waals surface area contributed by atoms with Crippen molar-refractivity contribution in [2.24, 2.45) is 0 Å². The van der Waals surface area contributed by atoms with E-state index in [0.717, 1.165) is 39.9 Å². The Morgan fingerprint density at radius 1 is 1.38 bits per heavy atom. The van der Waals surface area contributed by atoms with E-state index in [4.69, 9.17) is 12.2 Å². The van der Waals surface area contributed by atoms with Crippen LogP contribution in [0.3, 0.4) is 0 Å². The van der Waals surface area contributed by atoms with Crippen molar-refractivity contribution in [2.75, 3.05) is 6.54 Å². The number of nitrogens with one attached hydrogen (secondary N) is 1. The third-order valence-electron chi connectivity index (χ3n) is 3.85. The fourth-order valence-corrected chi connectivity index (χ4v) is 3.01. The van der Waals surface area contributed by atoms with Crippen molar-refractivity contribution in [2.45, 2.75) is 26.3 Å². The molecule has 0 spiro atoms. The van der Waals surface area contributed by atoms with Crippen LogP contribution >= 0.6 is 12.2 Å². The Balaban J connectivity index is 1.91. The Morgan fingerprint density at radius 2 is 2.14 bits per heavy atom. The van der Waals surface area contributed by atoms with E-state index in [1.807, 2.05) is 42.2 Å². The highest BCUT2D eigenvalue weighted by Gasteiger charge is 2.23. The lowest BCUT2D eigenvalue weighted by Gasteiger charge is -2.28. The maximum atomic E-state index is 12.5. The Labute approximate surface area is 128 Å². The van der Waals surface area contributed by atoms with Gasteiger partial charge in [0, 0.05) is 36.3 Å². The number of rotatable bonds is 2. The predicted octanol–water partition coefficient (Wildman–Crippen LogP) is 2.90. The summed E-state index contributed by atoms with van der Waals surface area (Å²) in [5, 5.41) is 7.40. The molecule has 2 heterocycles. The van der Waals surface area contributed by atoms with Crippen LogP contribution in [0.1, 0.15) is 34.2 Å². The van der Waals surface area contributed by atoms with E-state index in [1.165, 1.54) is 0 Å². The number of hydrogen-bond acceptors (Lipinski definition) is 3. The third-order valence-corrected chi connectivity index (χ3v) is 4.33. The molecule has 21 heavy (non-hydrogen) atoms. The highest BCUT2D eigenvalue weighted by molar-refractivity contribution is 7.71. The number of fused-ring (bicyclic) bond motifs is 1. The lowest BCUT2D eigenvalue weighted by Crippen LogP contribution is -2.36. The molecule has 0 fully saturated rings. The number of hydrogen-bond donors (Lipinski definition) is 1. The van der Waals surface area contributed by atoms with Gasteiger partial charge < -0.3 is 4.90 Å². The van der Waals surface area contributed by atoms with E-state index < -0.39 is 0 Å². The third kappa shape index (κ3) is 2.61. The molecule has 1 aliphatic rings. The van der Waals surface area contributed by atoms with Crippen LogP contribution in [-0.4, -0.2) is 27.5 Å². The van der Waals surface area contributed by atoms with Gasteiger partial charge in [-0.05, 0) is 18.6 Å². The molecule has 0 aliphatic carbocycles. The highest BCUT2D eigenvalue weighted by Crippen LogP contribution is 2.21. The lowest BCUT2D eigenvalue weighted by atomic mass is 10.0. The fourth-order valence-electron chi connectivity index (χ4n) is 2.63. The summed E-state index contributed by atoms with van der Waals surface area (Å²) in [7, 11) is 0. The number of amides is 1. The molecule has 1 aromatic carbocycles. The van der Waals surface area contributed by atoms with E-state index in [-0.39, 0.29) is 5.91 Å². The van der Waals surface area contributed by atoms with Crippen LogP contribution in [-0.2, 0) is 19.4 Å². The Hall–Kier alpha value is -2.01. The van der Waals surface area contributed by atoms with Gasteiger partial charge in [0.25, 0.3) is 5.91 Å². The van der Waals surface area contributed by atoms with Crippen LogP contribution < -0.4 is 0 Å². The summed E-state index contributed by atoms with van der Waals surface area (Å²) < 4.78 is 0.803. The minimum Gasteiger partial charge on any atom is -0.334 e. The van der Waals surface area contributed by atoms with Crippen molar-refractivity contribution in [1.82, 2.24) is 15.1 Å². The Bertz CT molecular complexity index is 724. The molecule has 0 unspecified atom stereocenters. The number of aryl methyl sites for hydroxylation is 1. The molecule has 108 valence electrons. The molecule has 1 aliphatic heterocycles. The standard InChI is InChI=1S/C16H17N3OS/c1-2-13-15(21)12-10-19(9-8-14(12)18-17-13)16(20)11-6-4-3-5-7-11/h3-7H,2,8-10H2,1H3,(H,18,21). The van der Waals surface area contributed by atoms with Crippen molar-refractivity contribution in [3.05, 3.63) is 57.4 Å². The van der Waals surface area contributed by atoms with Gasteiger partial charge in [0.15, 0.2) is 0 Å². The number of carbonyl (C=O) groups excluding carboxylic acids is 1. The van der Waals surface area contributed by atoms with Crippen molar-refractivity contribution in [3.63, 3.8) is 0 Å². The SMILES string of the molecule is CCc1n[nH]c2c(c1=S)CN(C(=O)c1ccccc1)CC2. The molecule has 0 radical (unpaired) electrons. The maximum absolute atomic E-state index is 12.5. The first-order valence-corrected chi connectivity index (χ1v) is 7.55. The maximum Gasteiger partial charge on any atom is 0.254 e. The molecule has 0 atom stereocenters. The van der Waals surface area contributed by atoms with Gasteiger partial charge in [0.1, 0.15) is 0 Å². The average Bonchev–Trinajstić information content (AvgIpc) is 2.55. The van der Waals surface area contributed by atoms with Crippen LogP contribution in [0.2, 0.25) is 0 Å². The summed E-state index contributed by atoms with van der Waals surface area (Å²) in [4.78, 5) is 14.4. The minimum atomic E-state index is 0.0607. The molecule has 4 nitrogen and oxygen atoms in total. The second kappa shape index (κ2) is 5.77. The summed E-state index contributed by atoms with van der Waals surface area (Å²) >= 11 is 5.51. The summed E-state index contributed by atoms with van der Waals surface area (Å²) in [6, 6.07) is 9.38. The van der Waals surface area contributed by atoms with E-state index in [1.54, 1.807) is 0 Å². The summed E-state index contributed by atoms with van der Waals surface area (Å²) in [5.41, 5.74) is 3.74. The number of benzene rings is 1. The zero-order chi connectivity index (χ0) is 14.8. The minimum absolute atomic E-state index is 0.0607. The van der Waals surface area contributed by atoms with Gasteiger partial charge in [-0.2, -0.15) is 5.10 Å². The topological polar surface area (TPSA) is 49.0 Å². The van der Waals surface area contributed by atoms with Gasteiger partial charge in [-0.15, -0.1) is 0 Å². The predicted molar refractivity (Wildman–Crippen MR) is 83.7 cm³/mol. The molecule has 5 heteroatoms. The van der Waals surface area contributed by atoms with Gasteiger partial charge in [-0.1, -0.05) is 37.3 Å². The number of nitrogens with zero attached hydrogens (tertiary/aromatic N) is 2. The quantitative estimate of drug-likeness (QED) is 0.867. The first kappa shape index (κ1) is 13.9. The monoisotopic (exact) mass is 299 g/mol. The smallest absolute Gasteiger partial charge is 0.254 e. The van der Waals surface area contributed by atoms with Crippen LogP contribution in [0.15, 0.2) is 30.3 Å². The van der Waals surface area contributed by atoms with Crippen LogP contribution in [0.5, 0.6) is 0 Å². The molecular weight excluding hydrogens is 282 g/mol. The summed E-state index contributed by atoms with van der Waals surface area (Å²) in [6.07, 6.45) is 1.57. The summed E-state index contributed by atoms with van der Waals surface area (Å²) in [5.74, 6) is 0.0607. The van der Waals surface area contributed by atoms with Crippen molar-refractivity contribution < 1.29 is 4.79 Å². The summed E-state index contributed by atoms with van der Waals surface area (Å²) in [6.45, 7) is 3.29. The molecular formula is C16H17N3OS. The van der Waals surface area contributed by atoms with Gasteiger partial charge in [0.05, 0.1) is 10.2 Å². The highest BCUT2D eigenvalue weighted by atomic mass is 32.1. The Morgan fingerprint density at radius 3 is 2.86 bits per heavy atom. The normalized spacial score (nSPS) is 13.9. The zero-order valence-electron chi connectivity index (χ0n) is 11.9. The molecule has 0 bridgehead atoms. The Kier molecular flexibility index (Phi) is 3.84. The average molecular weight is 299 g/mol. The van der Waals surface area contributed by atoms with Crippen LogP contribution in [0, 0.1) is 4.51 Å². The second-order valence-corrected chi connectivity index (χ2v) is 5.56. The first-order chi connectivity index (χ1) is 10.2. The van der Waals surface area contributed by atoms with E-state index in [9.17, 15) is 4.79 Å². The van der Waals surface area contributed by atoms with E-state index in [2.05, 4.69) is 10.2 Å². The number of aromatic amines is 1. The van der Waals surface area contributed by atoms with E-state index >= 15 is 0 Å². The molecule has 1 amide bonds. The van der Waals surface area contributed by atoms with Crippen molar-refractivity contribution in [1.29, 1.82) is 0 Å². The number of H-pyrrole nitrogens is 1. The largest absolute Gasteiger partial charge is 0.334 e. The molecule has 1 aromatic heterocycles. The van der Waals surface area contributed by atoms with Gasteiger partial charge >= 0.3 is 0 Å². The lowest BCUT2D eigenvalue weighted by molar-refractivity contribution is 0.0732. The molecule has 1 N–H and O–H groups in total. The van der Waals surface area contributed by atoms with Crippen LogP contribution in [0.4, 0.5) is 0 Å². The first-order valence-electron chi connectivity index (χ1n) is 7.14. The van der Waals surface area contributed by atoms with Crippen LogP contribution in [0.25, 0.3) is 0 Å². The molecule has 0 saturated heterocycles. The van der Waals surface area contributed by atoms with Gasteiger partial charge in [0.2, 0.25) is 0 Å². The second-order valence-electron chi connectivity index (χ2n) is 5.15. The van der Waals surface area contributed by atoms with Gasteiger partial charge in [-0.25, -0.2) is 0 Å². The fraction of sp³-hybridized carbons (Fsp3) is 0.312. The molecule has 2 aromatic rings. The van der Waals surface area contributed by atoms with E-state index in [0.29, 0.717) is 13.1 Å². The van der Waals surface area contributed by atoms with Crippen molar-refractivity contribution >= 4 is 18.1 Å². The zero-order valence-corrected chi connectivity index (χ0v) is 12.7. The molecule has 0 saturated carbocycles. The number of carbonyl (C=O) groups is 1.